The quantitative estimate of drug-likeness (QED) is 0.720. The number of esters is 1. The predicted molar refractivity (Wildman–Crippen MR) is 55.9 cm³/mol. The Balaban J connectivity index is 2.87. The van der Waals surface area contributed by atoms with Gasteiger partial charge >= 0.3 is 11.9 Å². The maximum atomic E-state index is 11.1. The molecule has 0 bridgehead atoms. The molecule has 0 atom stereocenters. The summed E-state index contributed by atoms with van der Waals surface area (Å²) >= 11 is 0. The molecule has 16 heavy (non-hydrogen) atoms. The minimum atomic E-state index is -1.17. The van der Waals surface area contributed by atoms with E-state index in [4.69, 9.17) is 15.6 Å². The number of nitrogens with two attached hydrogens (primary N) is 1. The highest BCUT2D eigenvalue weighted by molar-refractivity contribution is 5.92. The smallest absolute Gasteiger partial charge is 0.339 e. The highest BCUT2D eigenvalue weighted by atomic mass is 16.5. The van der Waals surface area contributed by atoms with Crippen LogP contribution in [-0.4, -0.2) is 28.6 Å². The Bertz CT molecular complexity index is 417. The van der Waals surface area contributed by atoms with E-state index in [1.54, 1.807) is 6.92 Å². The number of nitrogens with zero attached hydrogens (tertiary/aromatic N) is 1. The second kappa shape index (κ2) is 5.11. The number of carboxylic acids is 1. The highest BCUT2D eigenvalue weighted by Crippen LogP contribution is 2.11. The molecule has 0 radical (unpaired) electrons. The molecule has 1 heterocycles. The third kappa shape index (κ3) is 2.94. The molecule has 0 aliphatic rings. The molecule has 0 spiro atoms. The maximum Gasteiger partial charge on any atom is 0.339 e. The van der Waals surface area contributed by atoms with Crippen LogP contribution in [0.3, 0.4) is 0 Å². The maximum absolute atomic E-state index is 11.1. The number of nitrogen functional groups attached to an aromatic ring is 1. The van der Waals surface area contributed by atoms with Crippen molar-refractivity contribution in [3.63, 3.8) is 0 Å². The first-order chi connectivity index (χ1) is 7.54. The molecule has 1 aromatic rings. The van der Waals surface area contributed by atoms with Crippen LogP contribution in [0.25, 0.3) is 0 Å². The van der Waals surface area contributed by atoms with Crippen molar-refractivity contribution in [2.75, 3.05) is 12.3 Å². The van der Waals surface area contributed by atoms with Crippen molar-refractivity contribution >= 4 is 17.8 Å². The van der Waals surface area contributed by atoms with E-state index in [-0.39, 0.29) is 24.4 Å². The minimum absolute atomic E-state index is 0.0125. The number of carbonyl (C=O) groups excluding carboxylic acids is 1. The van der Waals surface area contributed by atoms with Crippen LogP contribution in [0.15, 0.2) is 12.3 Å². The summed E-state index contributed by atoms with van der Waals surface area (Å²) < 4.78 is 4.73. The first-order valence-electron chi connectivity index (χ1n) is 4.68. The lowest BCUT2D eigenvalue weighted by Crippen LogP contribution is -2.10. The lowest BCUT2D eigenvalue weighted by atomic mass is 10.1. The molecule has 0 unspecified atom stereocenters. The summed E-state index contributed by atoms with van der Waals surface area (Å²) in [7, 11) is 0. The van der Waals surface area contributed by atoms with Crippen LogP contribution < -0.4 is 5.73 Å². The topological polar surface area (TPSA) is 103 Å². The summed E-state index contributed by atoms with van der Waals surface area (Å²) in [6.07, 6.45) is 1.35. The van der Waals surface area contributed by atoms with Gasteiger partial charge in [0.2, 0.25) is 0 Å². The molecule has 1 aromatic heterocycles. The SMILES string of the molecule is CCOC(=O)Cc1cnc(N)c(C(=O)O)c1. The van der Waals surface area contributed by atoms with E-state index in [0.29, 0.717) is 5.56 Å². The van der Waals surface area contributed by atoms with Crippen LogP contribution >= 0.6 is 0 Å². The Hall–Kier alpha value is -2.11. The predicted octanol–water partition coefficient (Wildman–Crippen LogP) is 0.468. The third-order valence-corrected chi connectivity index (χ3v) is 1.86. The van der Waals surface area contributed by atoms with Gasteiger partial charge in [0.15, 0.2) is 0 Å². The van der Waals surface area contributed by atoms with Crippen molar-refractivity contribution < 1.29 is 19.4 Å². The number of pyridine rings is 1. The van der Waals surface area contributed by atoms with Gasteiger partial charge in [-0.05, 0) is 18.6 Å². The summed E-state index contributed by atoms with van der Waals surface area (Å²) in [6.45, 7) is 1.98. The van der Waals surface area contributed by atoms with Gasteiger partial charge in [0.05, 0.1) is 13.0 Å². The molecule has 0 saturated carbocycles. The molecule has 6 nitrogen and oxygen atoms in total. The van der Waals surface area contributed by atoms with Gasteiger partial charge in [0.1, 0.15) is 11.4 Å². The molecule has 0 aliphatic heterocycles. The van der Waals surface area contributed by atoms with Crippen molar-refractivity contribution in [1.29, 1.82) is 0 Å². The monoisotopic (exact) mass is 224 g/mol. The van der Waals surface area contributed by atoms with Crippen LogP contribution in [0.4, 0.5) is 5.82 Å². The molecule has 0 aromatic carbocycles. The zero-order valence-electron chi connectivity index (χ0n) is 8.77. The van der Waals surface area contributed by atoms with Crippen molar-refractivity contribution in [2.45, 2.75) is 13.3 Å². The van der Waals surface area contributed by atoms with Crippen LogP contribution in [0.2, 0.25) is 0 Å². The van der Waals surface area contributed by atoms with E-state index < -0.39 is 11.9 Å². The standard InChI is InChI=1S/C10H12N2O4/c1-2-16-8(13)4-6-3-7(10(14)15)9(11)12-5-6/h3,5H,2,4H2,1H3,(H2,11,12)(H,14,15). The zero-order valence-corrected chi connectivity index (χ0v) is 8.77. The number of rotatable bonds is 4. The molecule has 6 heteroatoms. The number of aromatic nitrogens is 1. The molecule has 0 amide bonds. The van der Waals surface area contributed by atoms with Gasteiger partial charge in [-0.2, -0.15) is 0 Å². The van der Waals surface area contributed by atoms with Crippen LogP contribution in [-0.2, 0) is 16.0 Å². The van der Waals surface area contributed by atoms with E-state index in [0.717, 1.165) is 0 Å². The second-order valence-electron chi connectivity index (χ2n) is 3.06. The minimum Gasteiger partial charge on any atom is -0.478 e. The average Bonchev–Trinajstić information content (AvgIpc) is 2.21. The van der Waals surface area contributed by atoms with Crippen molar-refractivity contribution in [1.82, 2.24) is 4.98 Å². The normalized spacial score (nSPS) is 9.81. The van der Waals surface area contributed by atoms with Crippen LogP contribution in [0.1, 0.15) is 22.8 Å². The van der Waals surface area contributed by atoms with Crippen molar-refractivity contribution in [3.8, 4) is 0 Å². The average molecular weight is 224 g/mol. The van der Waals surface area contributed by atoms with Gasteiger partial charge in [-0.15, -0.1) is 0 Å². The van der Waals surface area contributed by atoms with Gasteiger partial charge in [0, 0.05) is 6.20 Å². The molecule has 1 rings (SSSR count). The summed E-state index contributed by atoms with van der Waals surface area (Å²) in [5.41, 5.74) is 5.73. The number of hydrogen-bond acceptors (Lipinski definition) is 5. The molecule has 86 valence electrons. The summed E-state index contributed by atoms with van der Waals surface area (Å²) in [6, 6.07) is 1.32. The summed E-state index contributed by atoms with van der Waals surface area (Å²) in [4.78, 5) is 25.6. The fourth-order valence-electron chi connectivity index (χ4n) is 1.17. The Morgan fingerprint density at radius 3 is 2.81 bits per heavy atom. The zero-order chi connectivity index (χ0) is 12.1. The van der Waals surface area contributed by atoms with E-state index >= 15 is 0 Å². The number of carboxylic acid groups (broad SMARTS) is 1. The van der Waals surface area contributed by atoms with E-state index in [2.05, 4.69) is 4.98 Å². The van der Waals surface area contributed by atoms with E-state index in [1.807, 2.05) is 0 Å². The number of anilines is 1. The number of aromatic carboxylic acids is 1. The number of carbonyl (C=O) groups is 2. The van der Waals surface area contributed by atoms with Gasteiger partial charge in [-0.3, -0.25) is 4.79 Å². The molecular weight excluding hydrogens is 212 g/mol. The van der Waals surface area contributed by atoms with Gasteiger partial charge < -0.3 is 15.6 Å². The fraction of sp³-hybridized carbons (Fsp3) is 0.300. The van der Waals surface area contributed by atoms with E-state index in [1.165, 1.54) is 12.3 Å². The van der Waals surface area contributed by atoms with E-state index in [9.17, 15) is 9.59 Å². The largest absolute Gasteiger partial charge is 0.478 e. The molecule has 0 saturated heterocycles. The Morgan fingerprint density at radius 1 is 1.56 bits per heavy atom. The Labute approximate surface area is 92.0 Å². The number of hydrogen-bond donors (Lipinski definition) is 2. The van der Waals surface area contributed by atoms with Gasteiger partial charge in [-0.1, -0.05) is 0 Å². The second-order valence-corrected chi connectivity index (χ2v) is 3.06. The first-order valence-corrected chi connectivity index (χ1v) is 4.68. The molecule has 0 fully saturated rings. The highest BCUT2D eigenvalue weighted by Gasteiger charge is 2.12. The van der Waals surface area contributed by atoms with Crippen molar-refractivity contribution in [3.05, 3.63) is 23.4 Å². The van der Waals surface area contributed by atoms with Gasteiger partial charge in [0.25, 0.3) is 0 Å². The lowest BCUT2D eigenvalue weighted by molar-refractivity contribution is -0.142. The number of ether oxygens (including phenoxy) is 1. The Morgan fingerprint density at radius 2 is 2.25 bits per heavy atom. The van der Waals surface area contributed by atoms with Crippen LogP contribution in [0.5, 0.6) is 0 Å². The molecule has 3 N–H and O–H groups in total. The summed E-state index contributed by atoms with van der Waals surface area (Å²) in [5, 5.41) is 8.79. The van der Waals surface area contributed by atoms with Crippen molar-refractivity contribution in [2.24, 2.45) is 0 Å². The van der Waals surface area contributed by atoms with Crippen LogP contribution in [0, 0.1) is 0 Å². The fourth-order valence-corrected chi connectivity index (χ4v) is 1.17. The summed E-state index contributed by atoms with van der Waals surface area (Å²) in [5.74, 6) is -1.67. The molecule has 0 aliphatic carbocycles. The third-order valence-electron chi connectivity index (χ3n) is 1.86. The first kappa shape index (κ1) is 12.0. The molecular formula is C10H12N2O4. The lowest BCUT2D eigenvalue weighted by Gasteiger charge is -2.04. The van der Waals surface area contributed by atoms with Gasteiger partial charge in [-0.25, -0.2) is 9.78 Å². The Kier molecular flexibility index (Phi) is 3.82.